The summed E-state index contributed by atoms with van der Waals surface area (Å²) in [5.41, 5.74) is 0.927. The molecule has 3 aromatic carbocycles. The summed E-state index contributed by atoms with van der Waals surface area (Å²) in [7, 11) is 0. The molecule has 0 radical (unpaired) electrons. The Balaban J connectivity index is 1.70. The molecule has 4 rings (SSSR count). The number of para-hydroxylation sites is 1. The molecule has 6 nitrogen and oxygen atoms in total. The van der Waals surface area contributed by atoms with E-state index in [1.54, 1.807) is 24.3 Å². The van der Waals surface area contributed by atoms with Crippen molar-refractivity contribution in [1.29, 1.82) is 0 Å². The first kappa shape index (κ1) is 18.8. The third-order valence-electron chi connectivity index (χ3n) is 4.30. The molecular formula is C21H15FN2O4S. The van der Waals surface area contributed by atoms with Crippen molar-refractivity contribution in [1.82, 2.24) is 4.72 Å². The molecule has 1 saturated heterocycles. The number of nitrogens with zero attached hydrogens (tertiary/aromatic N) is 1. The van der Waals surface area contributed by atoms with E-state index >= 15 is 0 Å². The second kappa shape index (κ2) is 7.84. The smallest absolute Gasteiger partial charge is 0.253 e. The average molecular weight is 410 g/mol. The van der Waals surface area contributed by atoms with E-state index < -0.39 is 22.9 Å². The highest BCUT2D eigenvalue weighted by Crippen LogP contribution is 2.33. The van der Waals surface area contributed by atoms with Gasteiger partial charge in [-0.2, -0.15) is 0 Å². The largest absolute Gasteiger partial charge is 0.457 e. The van der Waals surface area contributed by atoms with Gasteiger partial charge in [0.05, 0.1) is 5.69 Å². The molecular weight excluding hydrogens is 395 g/mol. The lowest BCUT2D eigenvalue weighted by Crippen LogP contribution is -2.24. The highest BCUT2D eigenvalue weighted by Gasteiger charge is 2.31. The van der Waals surface area contributed by atoms with E-state index in [-0.39, 0.29) is 17.8 Å². The summed E-state index contributed by atoms with van der Waals surface area (Å²) in [5, 5.41) is 0. The summed E-state index contributed by atoms with van der Waals surface area (Å²) in [6, 6.07) is 19.0. The first-order chi connectivity index (χ1) is 14.0. The van der Waals surface area contributed by atoms with Crippen LogP contribution in [0.2, 0.25) is 0 Å². The van der Waals surface area contributed by atoms with Crippen LogP contribution < -0.4 is 13.8 Å². The van der Waals surface area contributed by atoms with Crippen LogP contribution in [0, 0.1) is 5.82 Å². The maximum atomic E-state index is 14.9. The molecule has 3 aromatic rings. The van der Waals surface area contributed by atoms with Crippen LogP contribution in [0.4, 0.5) is 10.1 Å². The number of carbonyl (C=O) groups is 2. The second-order valence-electron chi connectivity index (χ2n) is 6.27. The molecule has 1 aliphatic rings. The third kappa shape index (κ3) is 3.88. The van der Waals surface area contributed by atoms with Gasteiger partial charge in [-0.3, -0.25) is 18.6 Å². The number of carbonyl (C=O) groups excluding carboxylic acids is 2. The zero-order valence-corrected chi connectivity index (χ0v) is 15.8. The van der Waals surface area contributed by atoms with E-state index in [1.165, 1.54) is 12.1 Å². The first-order valence-electron chi connectivity index (χ1n) is 8.66. The number of nitrogens with one attached hydrogen (secondary N) is 1. The standard InChI is InChI=1S/C21H15FN2O4S/c22-19-11-15(9-16(13-25)21(19)24-12-20(26)23-29(24)27)14-5-4-8-18(10-14)28-17-6-2-1-3-7-17/h1-11,13H,12H2,(H,23,26). The topological polar surface area (TPSA) is 75.7 Å². The summed E-state index contributed by atoms with van der Waals surface area (Å²) >= 11 is -1.93. The van der Waals surface area contributed by atoms with Crippen molar-refractivity contribution in [2.75, 3.05) is 10.8 Å². The van der Waals surface area contributed by atoms with Crippen molar-refractivity contribution in [3.63, 3.8) is 0 Å². The van der Waals surface area contributed by atoms with Crippen LogP contribution in [-0.4, -0.2) is 22.9 Å². The lowest BCUT2D eigenvalue weighted by Gasteiger charge is -2.18. The van der Waals surface area contributed by atoms with Gasteiger partial charge in [0, 0.05) is 5.56 Å². The van der Waals surface area contributed by atoms with Crippen molar-refractivity contribution < 1.29 is 22.9 Å². The van der Waals surface area contributed by atoms with Crippen molar-refractivity contribution in [2.45, 2.75) is 0 Å². The molecule has 1 amide bonds. The summed E-state index contributed by atoms with van der Waals surface area (Å²) in [5.74, 6) is -0.0343. The van der Waals surface area contributed by atoms with Crippen molar-refractivity contribution in [3.8, 4) is 22.6 Å². The van der Waals surface area contributed by atoms with Gasteiger partial charge in [-0.1, -0.05) is 30.3 Å². The Morgan fingerprint density at radius 3 is 2.45 bits per heavy atom. The van der Waals surface area contributed by atoms with Crippen LogP contribution in [-0.2, 0) is 16.0 Å². The molecule has 1 N–H and O–H groups in total. The summed E-state index contributed by atoms with van der Waals surface area (Å²) in [4.78, 5) is 23.0. The van der Waals surface area contributed by atoms with Crippen molar-refractivity contribution in [2.24, 2.45) is 0 Å². The van der Waals surface area contributed by atoms with Crippen LogP contribution in [0.3, 0.4) is 0 Å². The molecule has 0 aromatic heterocycles. The number of hydrogen-bond donors (Lipinski definition) is 1. The van der Waals surface area contributed by atoms with Crippen LogP contribution >= 0.6 is 0 Å². The molecule has 1 aliphatic heterocycles. The summed E-state index contributed by atoms with van der Waals surface area (Å²) in [6.07, 6.45) is 0.478. The van der Waals surface area contributed by atoms with Gasteiger partial charge in [0.15, 0.2) is 6.29 Å². The van der Waals surface area contributed by atoms with E-state index in [0.717, 1.165) is 4.31 Å². The van der Waals surface area contributed by atoms with Crippen LogP contribution in [0.5, 0.6) is 11.5 Å². The Labute approximate surface area is 168 Å². The number of halogens is 1. The molecule has 0 saturated carbocycles. The molecule has 0 spiro atoms. The van der Waals surface area contributed by atoms with Crippen LogP contribution in [0.15, 0.2) is 66.7 Å². The van der Waals surface area contributed by atoms with Gasteiger partial charge in [0.2, 0.25) is 11.2 Å². The Morgan fingerprint density at radius 2 is 1.76 bits per heavy atom. The average Bonchev–Trinajstić information content (AvgIpc) is 3.05. The molecule has 146 valence electrons. The minimum absolute atomic E-state index is 0.000712. The number of anilines is 1. The maximum Gasteiger partial charge on any atom is 0.253 e. The fourth-order valence-electron chi connectivity index (χ4n) is 3.04. The van der Waals surface area contributed by atoms with Gasteiger partial charge in [0.1, 0.15) is 23.9 Å². The highest BCUT2D eigenvalue weighted by molar-refractivity contribution is 7.85. The Hall–Kier alpha value is -3.52. The normalized spacial score (nSPS) is 15.8. The van der Waals surface area contributed by atoms with Crippen molar-refractivity contribution in [3.05, 3.63) is 78.1 Å². The summed E-state index contributed by atoms with van der Waals surface area (Å²) in [6.45, 7) is -0.288. The minimum Gasteiger partial charge on any atom is -0.457 e. The fourth-order valence-corrected chi connectivity index (χ4v) is 4.00. The number of amides is 1. The number of benzene rings is 3. The van der Waals surface area contributed by atoms with Gasteiger partial charge in [-0.05, 0) is 47.5 Å². The third-order valence-corrected chi connectivity index (χ3v) is 5.42. The van der Waals surface area contributed by atoms with Crippen LogP contribution in [0.25, 0.3) is 11.1 Å². The fraction of sp³-hybridized carbons (Fsp3) is 0.0476. The van der Waals surface area contributed by atoms with Gasteiger partial charge in [-0.15, -0.1) is 0 Å². The van der Waals surface area contributed by atoms with Crippen molar-refractivity contribution >= 4 is 29.1 Å². The molecule has 1 unspecified atom stereocenters. The molecule has 1 fully saturated rings. The predicted octanol–water partition coefficient (Wildman–Crippen LogP) is 3.61. The van der Waals surface area contributed by atoms with E-state index in [1.807, 2.05) is 30.3 Å². The number of rotatable bonds is 5. The molecule has 8 heteroatoms. The molecule has 1 heterocycles. The quantitative estimate of drug-likeness (QED) is 0.652. The van der Waals surface area contributed by atoms with Gasteiger partial charge >= 0.3 is 0 Å². The number of ether oxygens (including phenoxy) is 1. The van der Waals surface area contributed by atoms with E-state index in [2.05, 4.69) is 4.72 Å². The maximum absolute atomic E-state index is 14.9. The van der Waals surface area contributed by atoms with Crippen LogP contribution in [0.1, 0.15) is 10.4 Å². The zero-order valence-electron chi connectivity index (χ0n) is 15.0. The van der Waals surface area contributed by atoms with Gasteiger partial charge in [0.25, 0.3) is 5.91 Å². The molecule has 29 heavy (non-hydrogen) atoms. The number of aldehydes is 1. The van der Waals surface area contributed by atoms with E-state index in [9.17, 15) is 18.2 Å². The SMILES string of the molecule is O=Cc1cc(-c2cccc(Oc3ccccc3)c2)cc(F)c1N1CC(=O)NS1=O. The zero-order chi connectivity index (χ0) is 20.4. The summed E-state index contributed by atoms with van der Waals surface area (Å²) < 4.78 is 35.9. The highest BCUT2D eigenvalue weighted by atomic mass is 32.2. The van der Waals surface area contributed by atoms with E-state index in [0.29, 0.717) is 28.9 Å². The van der Waals surface area contributed by atoms with Gasteiger partial charge in [-0.25, -0.2) is 8.60 Å². The lowest BCUT2D eigenvalue weighted by molar-refractivity contribution is -0.117. The molecule has 1 atom stereocenters. The second-order valence-corrected chi connectivity index (χ2v) is 7.41. The van der Waals surface area contributed by atoms with E-state index in [4.69, 9.17) is 4.74 Å². The lowest BCUT2D eigenvalue weighted by atomic mass is 10.0. The Morgan fingerprint density at radius 1 is 1.00 bits per heavy atom. The molecule has 0 bridgehead atoms. The predicted molar refractivity (Wildman–Crippen MR) is 107 cm³/mol. The Bertz CT molecular complexity index is 1120. The Kier molecular flexibility index (Phi) is 5.09. The molecule has 0 aliphatic carbocycles. The van der Waals surface area contributed by atoms with Gasteiger partial charge < -0.3 is 4.74 Å². The monoisotopic (exact) mass is 410 g/mol. The number of hydrogen-bond acceptors (Lipinski definition) is 4. The first-order valence-corrected chi connectivity index (χ1v) is 9.77. The minimum atomic E-state index is -1.93.